The number of amides is 1. The summed E-state index contributed by atoms with van der Waals surface area (Å²) in [4.78, 5) is 32.8. The minimum Gasteiger partial charge on any atom is -0.340 e. The second kappa shape index (κ2) is 8.25. The molecule has 0 spiro atoms. The van der Waals surface area contributed by atoms with Gasteiger partial charge in [0, 0.05) is 30.9 Å². The molecule has 1 aromatic carbocycles. The first-order valence-corrected chi connectivity index (χ1v) is 9.64. The Balaban J connectivity index is 1.48. The fraction of sp³-hybridized carbons (Fsp3) is 0.300. The molecule has 1 aliphatic heterocycles. The van der Waals surface area contributed by atoms with Crippen molar-refractivity contribution in [1.29, 1.82) is 0 Å². The highest BCUT2D eigenvalue weighted by atomic mass is 19.4. The number of likely N-dealkylation sites (tertiary alicyclic amines) is 1. The summed E-state index contributed by atoms with van der Waals surface area (Å²) < 4.78 is 38.9. The molecule has 8 nitrogen and oxygen atoms in total. The summed E-state index contributed by atoms with van der Waals surface area (Å²) in [5.74, 6) is 0.534. The van der Waals surface area contributed by atoms with Gasteiger partial charge in [0.05, 0.1) is 11.1 Å². The van der Waals surface area contributed by atoms with E-state index in [4.69, 9.17) is 0 Å². The van der Waals surface area contributed by atoms with E-state index in [1.165, 1.54) is 18.3 Å². The Labute approximate surface area is 174 Å². The van der Waals surface area contributed by atoms with E-state index < -0.39 is 11.7 Å². The first-order chi connectivity index (χ1) is 14.8. The molecule has 162 valence electrons. The lowest BCUT2D eigenvalue weighted by Gasteiger charge is -2.31. The Kier molecular flexibility index (Phi) is 5.49. The molecule has 0 bridgehead atoms. The van der Waals surface area contributed by atoms with Crippen molar-refractivity contribution in [3.05, 3.63) is 70.0 Å². The second-order valence-electron chi connectivity index (χ2n) is 7.23. The third-order valence-electron chi connectivity index (χ3n) is 5.18. The number of benzene rings is 1. The second-order valence-corrected chi connectivity index (χ2v) is 7.23. The number of nitrogens with zero attached hydrogens (tertiary/aromatic N) is 3. The van der Waals surface area contributed by atoms with Crippen LogP contribution in [0.1, 0.15) is 40.5 Å². The van der Waals surface area contributed by atoms with Gasteiger partial charge in [0.15, 0.2) is 0 Å². The lowest BCUT2D eigenvalue weighted by atomic mass is 9.95. The number of piperidine rings is 1. The van der Waals surface area contributed by atoms with Crippen LogP contribution in [0.25, 0.3) is 0 Å². The van der Waals surface area contributed by atoms with Gasteiger partial charge >= 0.3 is 11.9 Å². The normalized spacial score (nSPS) is 15.1. The lowest BCUT2D eigenvalue weighted by Crippen LogP contribution is -2.38. The van der Waals surface area contributed by atoms with Crippen molar-refractivity contribution in [2.75, 3.05) is 18.4 Å². The van der Waals surface area contributed by atoms with Gasteiger partial charge in [-0.05, 0) is 43.2 Å². The number of nitrogens with one attached hydrogen (secondary N) is 3. The minimum atomic E-state index is -4.47. The molecule has 1 fully saturated rings. The van der Waals surface area contributed by atoms with Gasteiger partial charge < -0.3 is 10.2 Å². The molecule has 0 radical (unpaired) electrons. The third kappa shape index (κ3) is 4.60. The Bertz CT molecular complexity index is 1130. The zero-order valence-corrected chi connectivity index (χ0v) is 16.2. The molecule has 3 aromatic rings. The third-order valence-corrected chi connectivity index (χ3v) is 5.18. The quantitative estimate of drug-likeness (QED) is 0.587. The SMILES string of the molecule is O=C(c1cccnc1Nc1cccc(C(F)(F)F)c1)N1CCC(c2n[nH]c(=O)[nH]2)CC1. The molecule has 0 saturated carbocycles. The number of carbonyl (C=O) groups is 1. The predicted octanol–water partition coefficient (Wildman–Crippen LogP) is 3.28. The van der Waals surface area contributed by atoms with Crippen LogP contribution in [-0.2, 0) is 6.18 Å². The number of H-pyrrole nitrogens is 2. The fourth-order valence-electron chi connectivity index (χ4n) is 3.59. The molecule has 3 heterocycles. The van der Waals surface area contributed by atoms with Gasteiger partial charge in [0.1, 0.15) is 11.6 Å². The van der Waals surface area contributed by atoms with Crippen LogP contribution in [-0.4, -0.2) is 44.1 Å². The minimum absolute atomic E-state index is 0.0413. The van der Waals surface area contributed by atoms with Crippen LogP contribution >= 0.6 is 0 Å². The lowest BCUT2D eigenvalue weighted by molar-refractivity contribution is -0.137. The summed E-state index contributed by atoms with van der Waals surface area (Å²) >= 11 is 0. The van der Waals surface area contributed by atoms with E-state index in [-0.39, 0.29) is 34.6 Å². The van der Waals surface area contributed by atoms with Gasteiger partial charge in [0.25, 0.3) is 5.91 Å². The Morgan fingerprint density at radius 3 is 2.61 bits per heavy atom. The van der Waals surface area contributed by atoms with Crippen molar-refractivity contribution < 1.29 is 18.0 Å². The molecule has 1 saturated heterocycles. The molecule has 3 N–H and O–H groups in total. The predicted molar refractivity (Wildman–Crippen MR) is 106 cm³/mol. The highest BCUT2D eigenvalue weighted by molar-refractivity contribution is 5.99. The van der Waals surface area contributed by atoms with Crippen LogP contribution in [0.15, 0.2) is 47.4 Å². The number of halogens is 3. The average Bonchev–Trinajstić information content (AvgIpc) is 3.20. The van der Waals surface area contributed by atoms with Crippen LogP contribution in [0.4, 0.5) is 24.7 Å². The molecule has 0 atom stereocenters. The van der Waals surface area contributed by atoms with Gasteiger partial charge in [-0.25, -0.2) is 14.9 Å². The topological polar surface area (TPSA) is 107 Å². The molecule has 1 amide bonds. The summed E-state index contributed by atoms with van der Waals surface area (Å²) in [5, 5.41) is 9.13. The molecule has 1 aliphatic rings. The van der Waals surface area contributed by atoms with Crippen LogP contribution < -0.4 is 11.0 Å². The molecular weight excluding hydrogens is 413 g/mol. The molecule has 4 rings (SSSR count). The summed E-state index contributed by atoms with van der Waals surface area (Å²) in [6.45, 7) is 0.909. The van der Waals surface area contributed by atoms with Crippen molar-refractivity contribution in [3.63, 3.8) is 0 Å². The van der Waals surface area contributed by atoms with Gasteiger partial charge in [-0.3, -0.25) is 9.78 Å². The van der Waals surface area contributed by atoms with E-state index in [9.17, 15) is 22.8 Å². The number of alkyl halides is 3. The summed E-state index contributed by atoms with van der Waals surface area (Å²) in [6.07, 6.45) is -1.75. The Morgan fingerprint density at radius 1 is 1.16 bits per heavy atom. The van der Waals surface area contributed by atoms with E-state index in [2.05, 4.69) is 25.5 Å². The number of pyridine rings is 1. The molecule has 2 aromatic heterocycles. The number of aromatic nitrogens is 4. The molecule has 11 heteroatoms. The number of carbonyl (C=O) groups excluding carboxylic acids is 1. The maximum Gasteiger partial charge on any atom is 0.416 e. The van der Waals surface area contributed by atoms with E-state index in [1.54, 1.807) is 17.0 Å². The Morgan fingerprint density at radius 2 is 1.94 bits per heavy atom. The fourth-order valence-corrected chi connectivity index (χ4v) is 3.59. The van der Waals surface area contributed by atoms with Crippen LogP contribution in [0.5, 0.6) is 0 Å². The molecule has 31 heavy (non-hydrogen) atoms. The average molecular weight is 432 g/mol. The maximum absolute atomic E-state index is 13.1. The van der Waals surface area contributed by atoms with Crippen molar-refractivity contribution in [3.8, 4) is 0 Å². The van der Waals surface area contributed by atoms with E-state index >= 15 is 0 Å². The maximum atomic E-state index is 13.1. The number of hydrogen-bond donors (Lipinski definition) is 3. The van der Waals surface area contributed by atoms with Gasteiger partial charge in [-0.2, -0.15) is 18.3 Å². The van der Waals surface area contributed by atoms with E-state index in [1.807, 2.05) is 0 Å². The highest BCUT2D eigenvalue weighted by Gasteiger charge is 2.31. The zero-order valence-electron chi connectivity index (χ0n) is 16.2. The number of aromatic amines is 2. The van der Waals surface area contributed by atoms with Gasteiger partial charge in [-0.1, -0.05) is 6.07 Å². The molecular formula is C20H19F3N6O2. The smallest absolute Gasteiger partial charge is 0.340 e. The van der Waals surface area contributed by atoms with Gasteiger partial charge in [0.2, 0.25) is 0 Å². The molecule has 0 aliphatic carbocycles. The van der Waals surface area contributed by atoms with E-state index in [0.29, 0.717) is 31.8 Å². The summed E-state index contributed by atoms with van der Waals surface area (Å²) in [7, 11) is 0. The zero-order chi connectivity index (χ0) is 22.0. The van der Waals surface area contributed by atoms with Crippen molar-refractivity contribution >= 4 is 17.4 Å². The van der Waals surface area contributed by atoms with Crippen LogP contribution in [0.2, 0.25) is 0 Å². The molecule has 0 unspecified atom stereocenters. The van der Waals surface area contributed by atoms with Crippen LogP contribution in [0, 0.1) is 0 Å². The summed E-state index contributed by atoms with van der Waals surface area (Å²) in [6, 6.07) is 7.91. The van der Waals surface area contributed by atoms with E-state index in [0.717, 1.165) is 12.1 Å². The standard InChI is InChI=1S/C20H19F3N6O2/c21-20(22,23)13-3-1-4-14(11-13)25-17-15(5-2-8-24-17)18(30)29-9-6-12(7-10-29)16-26-19(31)28-27-16/h1-5,8,11-12H,6-7,9-10H2,(H,24,25)(H2,26,27,28,31). The number of hydrogen-bond acceptors (Lipinski definition) is 5. The summed E-state index contributed by atoms with van der Waals surface area (Å²) in [5.41, 5.74) is -0.704. The van der Waals surface area contributed by atoms with Crippen LogP contribution in [0.3, 0.4) is 0 Å². The van der Waals surface area contributed by atoms with Crippen molar-refractivity contribution in [1.82, 2.24) is 25.1 Å². The largest absolute Gasteiger partial charge is 0.416 e. The number of rotatable bonds is 4. The highest BCUT2D eigenvalue weighted by Crippen LogP contribution is 2.32. The first kappa shape index (κ1) is 20.6. The first-order valence-electron chi connectivity index (χ1n) is 9.64. The van der Waals surface area contributed by atoms with Gasteiger partial charge in [-0.15, -0.1) is 0 Å². The van der Waals surface area contributed by atoms with Crippen molar-refractivity contribution in [2.45, 2.75) is 24.9 Å². The monoisotopic (exact) mass is 432 g/mol. The van der Waals surface area contributed by atoms with Crippen molar-refractivity contribution in [2.24, 2.45) is 0 Å². The Hall–Kier alpha value is -3.63. The number of anilines is 2.